The average molecular weight is 360 g/mol. The van der Waals surface area contributed by atoms with E-state index in [4.69, 9.17) is 4.74 Å². The van der Waals surface area contributed by atoms with E-state index in [1.54, 1.807) is 31.2 Å². The van der Waals surface area contributed by atoms with Crippen LogP contribution < -0.4 is 0 Å². The van der Waals surface area contributed by atoms with Crippen molar-refractivity contribution in [3.05, 3.63) is 94.6 Å². The van der Waals surface area contributed by atoms with Crippen LogP contribution in [0.2, 0.25) is 0 Å². The van der Waals surface area contributed by atoms with Gasteiger partial charge in [0.1, 0.15) is 0 Å². The van der Waals surface area contributed by atoms with E-state index in [9.17, 15) is 9.59 Å². The topological polar surface area (TPSA) is 69.2 Å². The number of esters is 1. The van der Waals surface area contributed by atoms with Gasteiger partial charge in [0.15, 0.2) is 11.8 Å². The summed E-state index contributed by atoms with van der Waals surface area (Å²) in [7, 11) is 0. The lowest BCUT2D eigenvalue weighted by molar-refractivity contribution is 0.0274. The molecule has 3 rings (SSSR count). The van der Waals surface area contributed by atoms with E-state index in [1.165, 1.54) is 12.4 Å². The summed E-state index contributed by atoms with van der Waals surface area (Å²) in [5, 5.41) is 0. The number of hydrogen-bond acceptors (Lipinski definition) is 5. The van der Waals surface area contributed by atoms with Gasteiger partial charge in [-0.05, 0) is 20.8 Å². The van der Waals surface area contributed by atoms with E-state index < -0.39 is 12.1 Å². The fourth-order valence-corrected chi connectivity index (χ4v) is 2.55. The number of carbonyl (C=O) groups excluding carboxylic acids is 2. The number of aryl methyl sites for hydroxylation is 3. The Bertz CT molecular complexity index is 946. The minimum absolute atomic E-state index is 0.0643. The van der Waals surface area contributed by atoms with Gasteiger partial charge in [0.05, 0.1) is 11.9 Å². The van der Waals surface area contributed by atoms with Crippen molar-refractivity contribution in [1.29, 1.82) is 0 Å². The standard InChI is InChI=1S/C22H20N2O3/c1-14-4-8-17(9-5-14)20(25)21(18-10-6-15(2)7-11-18)27-22(26)19-13-23-16(3)12-24-19/h4-13,21H,1-3H3. The molecule has 0 radical (unpaired) electrons. The number of hydrogen-bond donors (Lipinski definition) is 0. The van der Waals surface area contributed by atoms with E-state index in [0.717, 1.165) is 11.1 Å². The fourth-order valence-electron chi connectivity index (χ4n) is 2.55. The minimum Gasteiger partial charge on any atom is -0.444 e. The first-order chi connectivity index (χ1) is 12.9. The van der Waals surface area contributed by atoms with Gasteiger partial charge >= 0.3 is 5.97 Å². The molecule has 0 aliphatic carbocycles. The predicted octanol–water partition coefficient (Wildman–Crippen LogP) is 4.18. The summed E-state index contributed by atoms with van der Waals surface area (Å²) in [4.78, 5) is 33.7. The Balaban J connectivity index is 1.93. The van der Waals surface area contributed by atoms with Crippen molar-refractivity contribution in [2.45, 2.75) is 26.9 Å². The highest BCUT2D eigenvalue weighted by atomic mass is 16.5. The number of ether oxygens (including phenoxy) is 1. The van der Waals surface area contributed by atoms with Crippen LogP contribution in [-0.2, 0) is 4.74 Å². The van der Waals surface area contributed by atoms with Crippen molar-refractivity contribution in [3.63, 3.8) is 0 Å². The molecule has 0 amide bonds. The van der Waals surface area contributed by atoms with Crippen LogP contribution in [0.5, 0.6) is 0 Å². The smallest absolute Gasteiger partial charge is 0.359 e. The van der Waals surface area contributed by atoms with E-state index in [1.807, 2.05) is 38.1 Å². The number of ketones is 1. The summed E-state index contributed by atoms with van der Waals surface area (Å²) in [5.41, 5.74) is 3.95. The van der Waals surface area contributed by atoms with Crippen molar-refractivity contribution < 1.29 is 14.3 Å². The highest BCUT2D eigenvalue weighted by Crippen LogP contribution is 2.24. The Morgan fingerprint density at radius 3 is 1.96 bits per heavy atom. The summed E-state index contributed by atoms with van der Waals surface area (Å²) in [6.07, 6.45) is 1.78. The first-order valence-corrected chi connectivity index (χ1v) is 8.61. The zero-order valence-electron chi connectivity index (χ0n) is 15.5. The van der Waals surface area contributed by atoms with Crippen molar-refractivity contribution in [2.24, 2.45) is 0 Å². The molecule has 1 atom stereocenters. The molecule has 5 heteroatoms. The minimum atomic E-state index is -1.05. The second kappa shape index (κ2) is 7.91. The van der Waals surface area contributed by atoms with Gasteiger partial charge in [-0.1, -0.05) is 59.7 Å². The zero-order valence-corrected chi connectivity index (χ0v) is 15.5. The van der Waals surface area contributed by atoms with Crippen LogP contribution in [0.15, 0.2) is 60.9 Å². The van der Waals surface area contributed by atoms with Crippen LogP contribution in [0.4, 0.5) is 0 Å². The third-order valence-electron chi connectivity index (χ3n) is 4.17. The number of Topliss-reactive ketones (excluding diaryl/α,β-unsaturated/α-hetero) is 1. The van der Waals surface area contributed by atoms with Gasteiger partial charge in [-0.3, -0.25) is 9.78 Å². The van der Waals surface area contributed by atoms with Crippen LogP contribution >= 0.6 is 0 Å². The molecule has 3 aromatic rings. The van der Waals surface area contributed by atoms with Gasteiger partial charge < -0.3 is 4.74 Å². The Hall–Kier alpha value is -3.34. The van der Waals surface area contributed by atoms with Crippen LogP contribution in [0.25, 0.3) is 0 Å². The fraction of sp³-hybridized carbons (Fsp3) is 0.182. The lowest BCUT2D eigenvalue weighted by Crippen LogP contribution is -2.21. The Morgan fingerprint density at radius 1 is 0.815 bits per heavy atom. The highest BCUT2D eigenvalue weighted by Gasteiger charge is 2.27. The molecule has 27 heavy (non-hydrogen) atoms. The highest BCUT2D eigenvalue weighted by molar-refractivity contribution is 6.01. The molecular formula is C22H20N2O3. The third kappa shape index (κ3) is 4.44. The molecule has 0 bridgehead atoms. The van der Waals surface area contributed by atoms with Gasteiger partial charge in [-0.15, -0.1) is 0 Å². The Kier molecular flexibility index (Phi) is 5.41. The van der Waals surface area contributed by atoms with Crippen LogP contribution in [-0.4, -0.2) is 21.7 Å². The normalized spacial score (nSPS) is 11.7. The van der Waals surface area contributed by atoms with Crippen molar-refractivity contribution in [2.75, 3.05) is 0 Å². The molecule has 2 aromatic carbocycles. The molecule has 0 saturated heterocycles. The molecule has 1 aromatic heterocycles. The maximum atomic E-state index is 13.0. The first kappa shape index (κ1) is 18.5. The van der Waals surface area contributed by atoms with Gasteiger partial charge in [-0.25, -0.2) is 9.78 Å². The quantitative estimate of drug-likeness (QED) is 0.504. The summed E-state index contributed by atoms with van der Waals surface area (Å²) in [5.74, 6) is -0.971. The largest absolute Gasteiger partial charge is 0.444 e. The second-order valence-corrected chi connectivity index (χ2v) is 6.47. The summed E-state index contributed by atoms with van der Waals surface area (Å²) in [6, 6.07) is 14.5. The summed E-state index contributed by atoms with van der Waals surface area (Å²) in [6.45, 7) is 5.68. The molecule has 1 heterocycles. The van der Waals surface area contributed by atoms with E-state index >= 15 is 0 Å². The van der Waals surface area contributed by atoms with Gasteiger partial charge in [0.2, 0.25) is 5.78 Å². The molecule has 136 valence electrons. The van der Waals surface area contributed by atoms with E-state index in [2.05, 4.69) is 9.97 Å². The monoisotopic (exact) mass is 360 g/mol. The van der Waals surface area contributed by atoms with E-state index in [-0.39, 0.29) is 11.5 Å². The molecule has 0 saturated carbocycles. The van der Waals surface area contributed by atoms with Crippen LogP contribution in [0.3, 0.4) is 0 Å². The molecular weight excluding hydrogens is 340 g/mol. The number of carbonyl (C=O) groups is 2. The van der Waals surface area contributed by atoms with E-state index in [0.29, 0.717) is 16.8 Å². The molecule has 0 aliphatic heterocycles. The van der Waals surface area contributed by atoms with Gasteiger partial charge in [0, 0.05) is 17.3 Å². The first-order valence-electron chi connectivity index (χ1n) is 8.61. The predicted molar refractivity (Wildman–Crippen MR) is 102 cm³/mol. The molecule has 0 aliphatic rings. The lowest BCUT2D eigenvalue weighted by Gasteiger charge is -2.17. The lowest BCUT2D eigenvalue weighted by atomic mass is 9.98. The number of nitrogens with zero attached hydrogens (tertiary/aromatic N) is 2. The second-order valence-electron chi connectivity index (χ2n) is 6.47. The molecule has 0 N–H and O–H groups in total. The van der Waals surface area contributed by atoms with Crippen molar-refractivity contribution >= 4 is 11.8 Å². The zero-order chi connectivity index (χ0) is 19.4. The summed E-state index contributed by atoms with van der Waals surface area (Å²) >= 11 is 0. The Morgan fingerprint density at radius 2 is 1.41 bits per heavy atom. The molecule has 5 nitrogen and oxygen atoms in total. The molecule has 0 spiro atoms. The maximum absolute atomic E-state index is 13.0. The van der Waals surface area contributed by atoms with Crippen molar-refractivity contribution in [3.8, 4) is 0 Å². The molecule has 0 fully saturated rings. The summed E-state index contributed by atoms with van der Waals surface area (Å²) < 4.78 is 5.56. The van der Waals surface area contributed by atoms with Gasteiger partial charge in [-0.2, -0.15) is 0 Å². The third-order valence-corrected chi connectivity index (χ3v) is 4.17. The van der Waals surface area contributed by atoms with Crippen LogP contribution in [0, 0.1) is 20.8 Å². The number of benzene rings is 2. The SMILES string of the molecule is Cc1ccc(C(=O)C(OC(=O)c2cnc(C)cn2)c2ccc(C)cc2)cc1. The Labute approximate surface area is 158 Å². The number of rotatable bonds is 5. The van der Waals surface area contributed by atoms with Crippen LogP contribution in [0.1, 0.15) is 49.3 Å². The molecule has 1 unspecified atom stereocenters. The van der Waals surface area contributed by atoms with Crippen molar-refractivity contribution in [1.82, 2.24) is 9.97 Å². The maximum Gasteiger partial charge on any atom is 0.359 e. The van der Waals surface area contributed by atoms with Gasteiger partial charge in [0.25, 0.3) is 0 Å². The number of aromatic nitrogens is 2. The average Bonchev–Trinajstić information content (AvgIpc) is 2.67.